The molecule has 2 aromatic rings. The average molecular weight is 465 g/mol. The van der Waals surface area contributed by atoms with Gasteiger partial charge in [0.25, 0.3) is 11.7 Å². The zero-order chi connectivity index (χ0) is 24.2. The lowest BCUT2D eigenvalue weighted by Crippen LogP contribution is -2.42. The summed E-state index contributed by atoms with van der Waals surface area (Å²) < 4.78 is 11.1. The number of rotatable bonds is 7. The second kappa shape index (κ2) is 10.4. The van der Waals surface area contributed by atoms with Crippen molar-refractivity contribution in [2.24, 2.45) is 0 Å². The van der Waals surface area contributed by atoms with Gasteiger partial charge >= 0.3 is 0 Å². The number of aliphatic hydroxyl groups is 1. The highest BCUT2D eigenvalue weighted by molar-refractivity contribution is 6.46. The van der Waals surface area contributed by atoms with Crippen LogP contribution in [0.4, 0.5) is 0 Å². The monoisotopic (exact) mass is 464 g/mol. The minimum atomic E-state index is -0.660. The highest BCUT2D eigenvalue weighted by Crippen LogP contribution is 2.39. The van der Waals surface area contributed by atoms with E-state index in [1.807, 2.05) is 45.0 Å². The molecule has 0 aromatic heterocycles. The Bertz CT molecular complexity index is 1050. The number of carbonyl (C=O) groups excluding carboxylic acids is 2. The van der Waals surface area contributed by atoms with E-state index >= 15 is 0 Å². The summed E-state index contributed by atoms with van der Waals surface area (Å²) in [6.07, 6.45) is 0.0257. The van der Waals surface area contributed by atoms with Crippen molar-refractivity contribution in [1.82, 2.24) is 9.80 Å². The SMILES string of the molecule is Cc1ccc([C@@H]2/C(=C(\O)c3ccc(OC(C)C)cc3)C(=O)C(=O)N2CCN2CCOCC2)cc1. The maximum atomic E-state index is 13.2. The molecule has 7 heteroatoms. The number of likely N-dealkylation sites (tertiary alicyclic amines) is 1. The highest BCUT2D eigenvalue weighted by atomic mass is 16.5. The molecule has 34 heavy (non-hydrogen) atoms. The second-order valence-electron chi connectivity index (χ2n) is 9.05. The lowest BCUT2D eigenvalue weighted by atomic mass is 9.94. The quantitative estimate of drug-likeness (QED) is 0.384. The molecule has 2 saturated heterocycles. The van der Waals surface area contributed by atoms with Crippen LogP contribution >= 0.6 is 0 Å². The summed E-state index contributed by atoms with van der Waals surface area (Å²) in [5.74, 6) is -0.741. The van der Waals surface area contributed by atoms with Crippen LogP contribution in [0.2, 0.25) is 0 Å². The van der Waals surface area contributed by atoms with E-state index in [4.69, 9.17) is 9.47 Å². The third-order valence-electron chi connectivity index (χ3n) is 6.19. The summed E-state index contributed by atoms with van der Waals surface area (Å²) in [6.45, 7) is 9.81. The van der Waals surface area contributed by atoms with Crippen LogP contribution in [0.15, 0.2) is 54.1 Å². The molecule has 4 rings (SSSR count). The summed E-state index contributed by atoms with van der Waals surface area (Å²) in [6, 6.07) is 14.0. The predicted octanol–water partition coefficient (Wildman–Crippen LogP) is 3.54. The number of Topliss-reactive ketones (excluding diaryl/α,β-unsaturated/α-hetero) is 1. The number of amides is 1. The molecular formula is C27H32N2O5. The highest BCUT2D eigenvalue weighted by Gasteiger charge is 2.46. The Labute approximate surface area is 200 Å². The zero-order valence-corrected chi connectivity index (χ0v) is 20.0. The minimum Gasteiger partial charge on any atom is -0.507 e. The van der Waals surface area contributed by atoms with Gasteiger partial charge in [-0.1, -0.05) is 29.8 Å². The van der Waals surface area contributed by atoms with Crippen molar-refractivity contribution in [2.75, 3.05) is 39.4 Å². The fraction of sp³-hybridized carbons (Fsp3) is 0.407. The number of benzene rings is 2. The van der Waals surface area contributed by atoms with E-state index in [9.17, 15) is 14.7 Å². The molecule has 0 saturated carbocycles. The minimum absolute atomic E-state index is 0.0257. The number of aryl methyl sites for hydroxylation is 1. The van der Waals surface area contributed by atoms with Gasteiger partial charge < -0.3 is 19.5 Å². The van der Waals surface area contributed by atoms with Gasteiger partial charge in [0.1, 0.15) is 11.5 Å². The molecule has 0 spiro atoms. The molecule has 1 amide bonds. The summed E-state index contributed by atoms with van der Waals surface area (Å²) in [4.78, 5) is 30.1. The molecule has 1 atom stereocenters. The van der Waals surface area contributed by atoms with Crippen LogP contribution in [0.3, 0.4) is 0 Å². The Morgan fingerprint density at radius 1 is 1.03 bits per heavy atom. The smallest absolute Gasteiger partial charge is 0.295 e. The first kappa shape index (κ1) is 24.0. The van der Waals surface area contributed by atoms with E-state index in [1.165, 1.54) is 0 Å². The Hall–Kier alpha value is -3.16. The van der Waals surface area contributed by atoms with Gasteiger partial charge in [0, 0.05) is 31.7 Å². The fourth-order valence-electron chi connectivity index (χ4n) is 4.40. The van der Waals surface area contributed by atoms with Gasteiger partial charge in [0.2, 0.25) is 0 Å². The lowest BCUT2D eigenvalue weighted by molar-refractivity contribution is -0.140. The topological polar surface area (TPSA) is 79.3 Å². The van der Waals surface area contributed by atoms with E-state index < -0.39 is 17.7 Å². The van der Waals surface area contributed by atoms with E-state index in [-0.39, 0.29) is 17.4 Å². The first-order valence-corrected chi connectivity index (χ1v) is 11.8. The zero-order valence-electron chi connectivity index (χ0n) is 20.0. The van der Waals surface area contributed by atoms with Gasteiger partial charge in [0.15, 0.2) is 0 Å². The molecule has 0 aliphatic carbocycles. The lowest BCUT2D eigenvalue weighted by Gasteiger charge is -2.31. The molecular weight excluding hydrogens is 432 g/mol. The van der Waals surface area contributed by atoms with Crippen molar-refractivity contribution in [3.05, 3.63) is 70.8 Å². The van der Waals surface area contributed by atoms with Gasteiger partial charge in [-0.25, -0.2) is 0 Å². The molecule has 2 fully saturated rings. The summed E-state index contributed by atoms with van der Waals surface area (Å²) in [5, 5.41) is 11.2. The molecule has 2 aliphatic rings. The third-order valence-corrected chi connectivity index (χ3v) is 6.19. The van der Waals surface area contributed by atoms with E-state index in [1.54, 1.807) is 29.2 Å². The number of carbonyl (C=O) groups is 2. The third kappa shape index (κ3) is 5.16. The van der Waals surface area contributed by atoms with Crippen LogP contribution in [0.25, 0.3) is 5.76 Å². The molecule has 2 aromatic carbocycles. The van der Waals surface area contributed by atoms with Crippen LogP contribution in [-0.4, -0.2) is 72.1 Å². The van der Waals surface area contributed by atoms with Gasteiger partial charge in [-0.15, -0.1) is 0 Å². The van der Waals surface area contributed by atoms with Gasteiger partial charge in [-0.3, -0.25) is 14.5 Å². The Balaban J connectivity index is 1.69. The van der Waals surface area contributed by atoms with E-state index in [0.717, 1.165) is 24.2 Å². The van der Waals surface area contributed by atoms with E-state index in [2.05, 4.69) is 4.90 Å². The van der Waals surface area contributed by atoms with Crippen LogP contribution in [-0.2, 0) is 14.3 Å². The number of nitrogens with zero attached hydrogens (tertiary/aromatic N) is 2. The molecule has 2 heterocycles. The van der Waals surface area contributed by atoms with Crippen LogP contribution in [0.5, 0.6) is 5.75 Å². The number of morpholine rings is 1. The number of ketones is 1. The molecule has 2 aliphatic heterocycles. The number of hydrogen-bond acceptors (Lipinski definition) is 6. The van der Waals surface area contributed by atoms with Crippen molar-refractivity contribution in [3.8, 4) is 5.75 Å². The van der Waals surface area contributed by atoms with Crippen molar-refractivity contribution in [1.29, 1.82) is 0 Å². The largest absolute Gasteiger partial charge is 0.507 e. The van der Waals surface area contributed by atoms with Crippen LogP contribution in [0, 0.1) is 6.92 Å². The average Bonchev–Trinajstić information content (AvgIpc) is 3.08. The van der Waals surface area contributed by atoms with Crippen LogP contribution < -0.4 is 4.74 Å². The fourth-order valence-corrected chi connectivity index (χ4v) is 4.40. The predicted molar refractivity (Wildman–Crippen MR) is 130 cm³/mol. The molecule has 0 radical (unpaired) electrons. The molecule has 1 N–H and O–H groups in total. The molecule has 0 unspecified atom stereocenters. The Kier molecular flexibility index (Phi) is 7.34. The normalized spacial score (nSPS) is 20.8. The summed E-state index contributed by atoms with van der Waals surface area (Å²) in [5.41, 5.74) is 2.47. The Morgan fingerprint density at radius 2 is 1.68 bits per heavy atom. The second-order valence-corrected chi connectivity index (χ2v) is 9.05. The number of aliphatic hydroxyl groups excluding tert-OH is 1. The number of hydrogen-bond donors (Lipinski definition) is 1. The van der Waals surface area contributed by atoms with Gasteiger partial charge in [-0.2, -0.15) is 0 Å². The van der Waals surface area contributed by atoms with Crippen LogP contribution in [0.1, 0.15) is 36.6 Å². The molecule has 180 valence electrons. The van der Waals surface area contributed by atoms with Gasteiger partial charge in [0.05, 0.1) is 30.9 Å². The number of ether oxygens (including phenoxy) is 2. The molecule has 0 bridgehead atoms. The first-order chi connectivity index (χ1) is 16.3. The van der Waals surface area contributed by atoms with Crippen molar-refractivity contribution in [2.45, 2.75) is 32.9 Å². The summed E-state index contributed by atoms with van der Waals surface area (Å²) >= 11 is 0. The first-order valence-electron chi connectivity index (χ1n) is 11.8. The van der Waals surface area contributed by atoms with E-state index in [0.29, 0.717) is 37.6 Å². The van der Waals surface area contributed by atoms with Crippen molar-refractivity contribution in [3.63, 3.8) is 0 Å². The maximum Gasteiger partial charge on any atom is 0.295 e. The maximum absolute atomic E-state index is 13.2. The van der Waals surface area contributed by atoms with Gasteiger partial charge in [-0.05, 0) is 50.6 Å². The Morgan fingerprint density at radius 3 is 2.29 bits per heavy atom. The standard InChI is InChI=1S/C27H32N2O5/c1-18(2)34-22-10-8-21(9-11-22)25(30)23-24(20-6-4-19(3)5-7-20)29(27(32)26(23)31)13-12-28-14-16-33-17-15-28/h4-11,18,24,30H,12-17H2,1-3H3/b25-23+/t24-/m1/s1. The van der Waals surface area contributed by atoms with Crippen molar-refractivity contribution >= 4 is 17.4 Å². The summed E-state index contributed by atoms with van der Waals surface area (Å²) in [7, 11) is 0. The molecule has 7 nitrogen and oxygen atoms in total. The van der Waals surface area contributed by atoms with Crippen molar-refractivity contribution < 1.29 is 24.2 Å².